The number of piperidine rings is 1. The van der Waals surface area contributed by atoms with Gasteiger partial charge in [0.15, 0.2) is 0 Å². The topological polar surface area (TPSA) is 3.24 Å². The Morgan fingerprint density at radius 3 is 2.38 bits per heavy atom. The van der Waals surface area contributed by atoms with Gasteiger partial charge >= 0.3 is 0 Å². The lowest BCUT2D eigenvalue weighted by molar-refractivity contribution is 0.286. The van der Waals surface area contributed by atoms with Crippen LogP contribution in [0.5, 0.6) is 0 Å². The van der Waals surface area contributed by atoms with Gasteiger partial charge in [-0.2, -0.15) is 0 Å². The smallest absolute Gasteiger partial charge is 0.0128 e. The van der Waals surface area contributed by atoms with Crippen LogP contribution in [0.2, 0.25) is 0 Å². The summed E-state index contributed by atoms with van der Waals surface area (Å²) in [5.74, 6) is 1.09. The molecule has 2 rings (SSSR count). The van der Waals surface area contributed by atoms with E-state index >= 15 is 0 Å². The molecule has 0 radical (unpaired) electrons. The van der Waals surface area contributed by atoms with Crippen LogP contribution in [0.4, 0.5) is 0 Å². The highest BCUT2D eigenvalue weighted by molar-refractivity contribution is 5.02. The van der Waals surface area contributed by atoms with Gasteiger partial charge in [-0.1, -0.05) is 0 Å². The maximum Gasteiger partial charge on any atom is 0.0128 e. The van der Waals surface area contributed by atoms with Crippen molar-refractivity contribution in [1.29, 1.82) is 0 Å². The maximum absolute atomic E-state index is 2.52. The van der Waals surface area contributed by atoms with Gasteiger partial charge in [-0.05, 0) is 32.7 Å². The minimum atomic E-state index is 0.874. The van der Waals surface area contributed by atoms with Crippen LogP contribution in [-0.2, 0) is 0 Å². The molecule has 1 heterocycles. The fourth-order valence-corrected chi connectivity index (χ4v) is 1.92. The number of hydrogen-bond acceptors (Lipinski definition) is 1. The van der Waals surface area contributed by atoms with Crippen molar-refractivity contribution in [2.45, 2.75) is 31.8 Å². The lowest BCUT2D eigenvalue weighted by Gasteiger charge is -2.17. The molecule has 46 valence electrons. The molecule has 8 heavy (non-hydrogen) atoms. The van der Waals surface area contributed by atoms with E-state index in [9.17, 15) is 0 Å². The molecule has 0 bridgehead atoms. The van der Waals surface area contributed by atoms with Gasteiger partial charge in [0.2, 0.25) is 0 Å². The summed E-state index contributed by atoms with van der Waals surface area (Å²) in [7, 11) is 2.25. The van der Waals surface area contributed by atoms with Gasteiger partial charge in [0, 0.05) is 12.1 Å². The number of nitrogens with zero attached hydrogens (tertiary/aromatic N) is 1. The average molecular weight is 111 g/mol. The average Bonchev–Trinajstić information content (AvgIpc) is 2.39. The molecule has 2 aliphatic rings. The van der Waals surface area contributed by atoms with Gasteiger partial charge < -0.3 is 4.90 Å². The summed E-state index contributed by atoms with van der Waals surface area (Å²) in [6.07, 6.45) is 2.95. The summed E-state index contributed by atoms with van der Waals surface area (Å²) in [4.78, 5) is 2.52. The van der Waals surface area contributed by atoms with Crippen molar-refractivity contribution < 1.29 is 0 Å². The van der Waals surface area contributed by atoms with E-state index in [1.807, 2.05) is 0 Å². The van der Waals surface area contributed by atoms with Gasteiger partial charge in [-0.3, -0.25) is 0 Å². The van der Waals surface area contributed by atoms with E-state index in [1.165, 1.54) is 12.8 Å². The molecule has 2 fully saturated rings. The Morgan fingerprint density at radius 1 is 1.38 bits per heavy atom. The number of likely N-dealkylation sites (tertiary alicyclic amines) is 1. The van der Waals surface area contributed by atoms with Crippen molar-refractivity contribution >= 4 is 0 Å². The summed E-state index contributed by atoms with van der Waals surface area (Å²) >= 11 is 0. The van der Waals surface area contributed by atoms with E-state index < -0.39 is 0 Å². The summed E-state index contributed by atoms with van der Waals surface area (Å²) in [6, 6.07) is 1.86. The van der Waals surface area contributed by atoms with E-state index in [1.54, 1.807) is 0 Å². The van der Waals surface area contributed by atoms with E-state index in [2.05, 4.69) is 18.9 Å². The molecule has 0 N–H and O–H groups in total. The van der Waals surface area contributed by atoms with E-state index in [-0.39, 0.29) is 0 Å². The quantitative estimate of drug-likeness (QED) is 0.452. The van der Waals surface area contributed by atoms with Crippen molar-refractivity contribution in [3.05, 3.63) is 0 Å². The molecule has 1 saturated carbocycles. The van der Waals surface area contributed by atoms with Crippen LogP contribution in [0.1, 0.15) is 19.8 Å². The zero-order valence-corrected chi connectivity index (χ0v) is 5.59. The van der Waals surface area contributed by atoms with Crippen molar-refractivity contribution in [3.8, 4) is 0 Å². The van der Waals surface area contributed by atoms with E-state index in [0.29, 0.717) is 0 Å². The minimum absolute atomic E-state index is 0.874. The minimum Gasteiger partial charge on any atom is -0.300 e. The third kappa shape index (κ3) is 0.455. The summed E-state index contributed by atoms with van der Waals surface area (Å²) < 4.78 is 0. The molecule has 0 aromatic carbocycles. The van der Waals surface area contributed by atoms with Crippen LogP contribution < -0.4 is 0 Å². The molecule has 0 unspecified atom stereocenters. The third-order valence-corrected chi connectivity index (χ3v) is 2.75. The standard InChI is InChI=1S/C7H13N/c1-5-3-6-4-7(6)8(5)2/h5-7H,3-4H2,1-2H3/t5-,6-,7+/m0/s1. The predicted octanol–water partition coefficient (Wildman–Crippen LogP) is 1.10. The van der Waals surface area contributed by atoms with Crippen LogP contribution in [-0.4, -0.2) is 24.0 Å². The van der Waals surface area contributed by atoms with Crippen LogP contribution in [0.3, 0.4) is 0 Å². The number of rotatable bonds is 0. The number of fused-ring (bicyclic) bond motifs is 1. The molecular formula is C7H13N. The second kappa shape index (κ2) is 1.27. The van der Waals surface area contributed by atoms with Crippen LogP contribution in [0.25, 0.3) is 0 Å². The molecule has 1 aliphatic carbocycles. The molecule has 3 atom stereocenters. The Labute approximate surface area is 50.7 Å². The highest BCUT2D eigenvalue weighted by atomic mass is 15.2. The predicted molar refractivity (Wildman–Crippen MR) is 33.7 cm³/mol. The van der Waals surface area contributed by atoms with Crippen molar-refractivity contribution in [2.75, 3.05) is 7.05 Å². The van der Waals surface area contributed by atoms with Gasteiger partial charge in [0.25, 0.3) is 0 Å². The fourth-order valence-electron chi connectivity index (χ4n) is 1.92. The lowest BCUT2D eigenvalue weighted by Crippen LogP contribution is -2.25. The Bertz CT molecular complexity index is 109. The molecule has 1 saturated heterocycles. The first-order chi connectivity index (χ1) is 3.79. The lowest BCUT2D eigenvalue weighted by atomic mass is 10.2. The molecule has 0 aromatic rings. The highest BCUT2D eigenvalue weighted by Gasteiger charge is 2.48. The maximum atomic E-state index is 2.52. The summed E-state index contributed by atoms with van der Waals surface area (Å²) in [5.41, 5.74) is 0. The Kier molecular flexibility index (Phi) is 0.762. The molecule has 0 spiro atoms. The molecular weight excluding hydrogens is 98.1 g/mol. The largest absolute Gasteiger partial charge is 0.300 e. The van der Waals surface area contributed by atoms with Gasteiger partial charge in [-0.15, -0.1) is 0 Å². The van der Waals surface area contributed by atoms with Crippen molar-refractivity contribution in [3.63, 3.8) is 0 Å². The zero-order chi connectivity index (χ0) is 5.72. The molecule has 1 heteroatoms. The van der Waals surface area contributed by atoms with Gasteiger partial charge in [0.1, 0.15) is 0 Å². The molecule has 0 aromatic heterocycles. The summed E-state index contributed by atoms with van der Waals surface area (Å²) in [6.45, 7) is 2.33. The van der Waals surface area contributed by atoms with Crippen molar-refractivity contribution in [2.24, 2.45) is 5.92 Å². The SMILES string of the molecule is C[C@H]1C[C@H]2C[C@H]2N1C. The van der Waals surface area contributed by atoms with Crippen LogP contribution in [0.15, 0.2) is 0 Å². The monoisotopic (exact) mass is 111 g/mol. The zero-order valence-electron chi connectivity index (χ0n) is 5.59. The first-order valence-electron chi connectivity index (χ1n) is 3.51. The summed E-state index contributed by atoms with van der Waals surface area (Å²) in [5, 5.41) is 0. The van der Waals surface area contributed by atoms with E-state index in [4.69, 9.17) is 0 Å². The first-order valence-corrected chi connectivity index (χ1v) is 3.51. The molecule has 1 nitrogen and oxygen atoms in total. The third-order valence-electron chi connectivity index (χ3n) is 2.75. The van der Waals surface area contributed by atoms with Crippen molar-refractivity contribution in [1.82, 2.24) is 4.90 Å². The number of hydrogen-bond donors (Lipinski definition) is 0. The Hall–Kier alpha value is -0.0400. The van der Waals surface area contributed by atoms with Crippen LogP contribution >= 0.6 is 0 Å². The Balaban J connectivity index is 2.08. The van der Waals surface area contributed by atoms with E-state index in [0.717, 1.165) is 18.0 Å². The first kappa shape index (κ1) is 4.80. The normalized spacial score (nSPS) is 54.0. The Morgan fingerprint density at radius 2 is 2.12 bits per heavy atom. The second-order valence-corrected chi connectivity index (χ2v) is 3.31. The second-order valence-electron chi connectivity index (χ2n) is 3.31. The van der Waals surface area contributed by atoms with Crippen LogP contribution in [0, 0.1) is 5.92 Å². The fraction of sp³-hybridized carbons (Fsp3) is 1.00. The molecule has 0 amide bonds. The highest BCUT2D eigenvalue weighted by Crippen LogP contribution is 2.46. The molecule has 1 aliphatic heterocycles. The van der Waals surface area contributed by atoms with Gasteiger partial charge in [-0.25, -0.2) is 0 Å². The van der Waals surface area contributed by atoms with Gasteiger partial charge in [0.05, 0.1) is 0 Å².